The van der Waals surface area contributed by atoms with Crippen LogP contribution >= 0.6 is 0 Å². The summed E-state index contributed by atoms with van der Waals surface area (Å²) in [5.41, 5.74) is 2.17. The maximum atomic E-state index is 12.8. The molecule has 0 radical (unpaired) electrons. The van der Waals surface area contributed by atoms with Crippen molar-refractivity contribution in [2.45, 2.75) is 19.3 Å². The van der Waals surface area contributed by atoms with Gasteiger partial charge in [-0.2, -0.15) is 0 Å². The number of nitro groups is 1. The molecule has 8 heteroatoms. The Morgan fingerprint density at radius 3 is 2.03 bits per heavy atom. The second-order valence-corrected chi connectivity index (χ2v) is 7.86. The van der Waals surface area contributed by atoms with E-state index >= 15 is 0 Å². The van der Waals surface area contributed by atoms with Crippen molar-refractivity contribution in [2.75, 3.05) is 28.6 Å². The van der Waals surface area contributed by atoms with Gasteiger partial charge >= 0.3 is 0 Å². The molecule has 4 rings (SSSR count). The lowest BCUT2D eigenvalue weighted by atomic mass is 10.1. The monoisotopic (exact) mass is 444 g/mol. The molecule has 0 aliphatic carbocycles. The number of hydrogen-bond acceptors (Lipinski definition) is 5. The molecule has 33 heavy (non-hydrogen) atoms. The van der Waals surface area contributed by atoms with Gasteiger partial charge in [-0.25, -0.2) is 0 Å². The number of hydrogen-bond donors (Lipinski definition) is 2. The normalized spacial score (nSPS) is 13.3. The fourth-order valence-electron chi connectivity index (χ4n) is 3.88. The topological polar surface area (TPSA) is 105 Å². The number of nitrogens with one attached hydrogen (secondary N) is 2. The molecule has 8 nitrogen and oxygen atoms in total. The van der Waals surface area contributed by atoms with Crippen molar-refractivity contribution in [3.8, 4) is 0 Å². The molecule has 1 fully saturated rings. The van der Waals surface area contributed by atoms with Crippen LogP contribution in [-0.2, 0) is 0 Å². The lowest BCUT2D eigenvalue weighted by molar-refractivity contribution is -0.384. The third kappa shape index (κ3) is 5.35. The molecular weight excluding hydrogens is 420 g/mol. The highest BCUT2D eigenvalue weighted by Crippen LogP contribution is 2.31. The van der Waals surface area contributed by atoms with E-state index in [9.17, 15) is 19.7 Å². The van der Waals surface area contributed by atoms with Crippen LogP contribution in [0.15, 0.2) is 72.8 Å². The highest BCUT2D eigenvalue weighted by atomic mass is 16.6. The predicted molar refractivity (Wildman–Crippen MR) is 128 cm³/mol. The summed E-state index contributed by atoms with van der Waals surface area (Å²) < 4.78 is 0. The molecule has 0 bridgehead atoms. The predicted octanol–water partition coefficient (Wildman–Crippen LogP) is 5.09. The molecule has 0 spiro atoms. The molecule has 3 aromatic carbocycles. The van der Waals surface area contributed by atoms with E-state index in [1.54, 1.807) is 60.7 Å². The van der Waals surface area contributed by atoms with Gasteiger partial charge in [-0.1, -0.05) is 24.3 Å². The first kappa shape index (κ1) is 22.0. The van der Waals surface area contributed by atoms with Gasteiger partial charge < -0.3 is 15.5 Å². The van der Waals surface area contributed by atoms with Gasteiger partial charge in [0.25, 0.3) is 17.5 Å². The van der Waals surface area contributed by atoms with Crippen LogP contribution in [0.5, 0.6) is 0 Å². The van der Waals surface area contributed by atoms with E-state index in [4.69, 9.17) is 0 Å². The average molecular weight is 444 g/mol. The zero-order valence-electron chi connectivity index (χ0n) is 18.0. The fraction of sp³-hybridized carbons (Fsp3) is 0.200. The molecule has 0 aromatic heterocycles. The van der Waals surface area contributed by atoms with Gasteiger partial charge in [-0.3, -0.25) is 19.7 Å². The molecule has 2 amide bonds. The van der Waals surface area contributed by atoms with Gasteiger partial charge in [-0.05, 0) is 61.7 Å². The van der Waals surface area contributed by atoms with Crippen molar-refractivity contribution in [2.24, 2.45) is 0 Å². The average Bonchev–Trinajstić information content (AvgIpc) is 2.85. The van der Waals surface area contributed by atoms with Crippen molar-refractivity contribution < 1.29 is 14.5 Å². The summed E-state index contributed by atoms with van der Waals surface area (Å²) in [5.74, 6) is -0.724. The number of carbonyl (C=O) groups excluding carboxylic acids is 2. The van der Waals surface area contributed by atoms with Crippen molar-refractivity contribution in [3.63, 3.8) is 0 Å². The van der Waals surface area contributed by atoms with Gasteiger partial charge in [0.15, 0.2) is 0 Å². The van der Waals surface area contributed by atoms with Crippen molar-refractivity contribution in [1.82, 2.24) is 0 Å². The molecule has 1 aliphatic rings. The van der Waals surface area contributed by atoms with Crippen molar-refractivity contribution >= 4 is 34.6 Å². The molecule has 2 N–H and O–H groups in total. The number of amides is 2. The zero-order chi connectivity index (χ0) is 23.2. The minimum Gasteiger partial charge on any atom is -0.366 e. The van der Waals surface area contributed by atoms with Crippen molar-refractivity contribution in [3.05, 3.63) is 94.0 Å². The molecular formula is C25H24N4O4. The lowest BCUT2D eigenvalue weighted by Gasteiger charge is -2.28. The first-order valence-corrected chi connectivity index (χ1v) is 10.8. The minimum atomic E-state index is -0.463. The van der Waals surface area contributed by atoms with E-state index in [2.05, 4.69) is 10.6 Å². The summed E-state index contributed by atoms with van der Waals surface area (Å²) in [5, 5.41) is 17.2. The summed E-state index contributed by atoms with van der Waals surface area (Å²) in [6.07, 6.45) is 3.11. The van der Waals surface area contributed by atoms with E-state index in [0.717, 1.165) is 32.4 Å². The zero-order valence-corrected chi connectivity index (χ0v) is 18.0. The summed E-state index contributed by atoms with van der Waals surface area (Å²) in [7, 11) is 0. The van der Waals surface area contributed by atoms with Crippen LogP contribution in [0.25, 0.3) is 0 Å². The van der Waals surface area contributed by atoms with E-state index in [1.807, 2.05) is 11.0 Å². The van der Waals surface area contributed by atoms with Gasteiger partial charge in [0.05, 0.1) is 4.92 Å². The minimum absolute atomic E-state index is 0.0755. The Bertz CT molecular complexity index is 1170. The van der Waals surface area contributed by atoms with Crippen LogP contribution in [0.4, 0.5) is 22.7 Å². The van der Waals surface area contributed by atoms with Crippen LogP contribution in [0.3, 0.4) is 0 Å². The van der Waals surface area contributed by atoms with Gasteiger partial charge in [-0.15, -0.1) is 0 Å². The third-order valence-electron chi connectivity index (χ3n) is 5.55. The lowest BCUT2D eigenvalue weighted by Crippen LogP contribution is -2.30. The van der Waals surface area contributed by atoms with E-state index in [0.29, 0.717) is 22.6 Å². The molecule has 0 atom stereocenters. The number of carbonyl (C=O) groups is 2. The number of benzene rings is 3. The van der Waals surface area contributed by atoms with Crippen molar-refractivity contribution in [1.29, 1.82) is 0 Å². The summed E-state index contributed by atoms with van der Waals surface area (Å²) >= 11 is 0. The smallest absolute Gasteiger partial charge is 0.293 e. The first-order valence-electron chi connectivity index (χ1n) is 10.8. The maximum absolute atomic E-state index is 12.8. The summed E-state index contributed by atoms with van der Waals surface area (Å²) in [4.78, 5) is 38.4. The molecule has 0 saturated carbocycles. The molecule has 0 unspecified atom stereocenters. The van der Waals surface area contributed by atoms with Gasteiger partial charge in [0.1, 0.15) is 5.69 Å². The molecule has 3 aromatic rings. The van der Waals surface area contributed by atoms with Gasteiger partial charge in [0.2, 0.25) is 0 Å². The van der Waals surface area contributed by atoms with E-state index in [1.165, 1.54) is 6.07 Å². The largest absolute Gasteiger partial charge is 0.366 e. The van der Waals surface area contributed by atoms with Crippen LogP contribution in [-0.4, -0.2) is 29.8 Å². The first-order chi connectivity index (χ1) is 16.0. The molecule has 168 valence electrons. The van der Waals surface area contributed by atoms with Crippen LogP contribution < -0.4 is 15.5 Å². The number of nitrogens with zero attached hydrogens (tertiary/aromatic N) is 2. The number of nitro benzene ring substituents is 1. The SMILES string of the molecule is O=C(Nc1cccc(NC(=O)c2ccc(N3CCCCC3)c([N+](=O)[O-])c2)c1)c1ccccc1. The highest BCUT2D eigenvalue weighted by Gasteiger charge is 2.23. The summed E-state index contributed by atoms with van der Waals surface area (Å²) in [6, 6.07) is 20.1. The Hall–Kier alpha value is -4.20. The molecule has 1 heterocycles. The maximum Gasteiger partial charge on any atom is 0.293 e. The van der Waals surface area contributed by atoms with E-state index in [-0.39, 0.29) is 17.2 Å². The Morgan fingerprint density at radius 1 is 0.758 bits per heavy atom. The second kappa shape index (κ2) is 9.95. The fourth-order valence-corrected chi connectivity index (χ4v) is 3.88. The number of rotatable bonds is 6. The van der Waals surface area contributed by atoms with E-state index < -0.39 is 10.8 Å². The Balaban J connectivity index is 1.49. The Morgan fingerprint density at radius 2 is 1.39 bits per heavy atom. The second-order valence-electron chi connectivity index (χ2n) is 7.86. The number of anilines is 3. The molecule has 1 aliphatic heterocycles. The quantitative estimate of drug-likeness (QED) is 0.407. The van der Waals surface area contributed by atoms with Crippen LogP contribution in [0.2, 0.25) is 0 Å². The van der Waals surface area contributed by atoms with Gasteiger partial charge in [0, 0.05) is 41.7 Å². The highest BCUT2D eigenvalue weighted by molar-refractivity contribution is 6.07. The van der Waals surface area contributed by atoms with Crippen LogP contribution in [0, 0.1) is 10.1 Å². The number of piperidine rings is 1. The van der Waals surface area contributed by atoms with Crippen LogP contribution in [0.1, 0.15) is 40.0 Å². The Kier molecular flexibility index (Phi) is 6.64. The molecule has 1 saturated heterocycles. The third-order valence-corrected chi connectivity index (χ3v) is 5.55. The Labute approximate surface area is 191 Å². The standard InChI is InChI=1S/C25H24N4O4/c30-24(18-8-3-1-4-9-18)26-20-10-7-11-21(17-20)27-25(31)19-12-13-22(23(16-19)29(32)33)28-14-5-2-6-15-28/h1,3-4,7-13,16-17H,2,5-6,14-15H2,(H,26,30)(H,27,31). The summed E-state index contributed by atoms with van der Waals surface area (Å²) in [6.45, 7) is 1.54.